The van der Waals surface area contributed by atoms with Crippen molar-refractivity contribution in [2.24, 2.45) is 0 Å². The number of carbonyl (C=O) groups is 1. The molecular weight excluding hydrogens is 468 g/mol. The second-order valence-corrected chi connectivity index (χ2v) is 9.52. The summed E-state index contributed by atoms with van der Waals surface area (Å²) in [7, 11) is 0. The van der Waals surface area contributed by atoms with E-state index in [-0.39, 0.29) is 17.8 Å². The highest BCUT2D eigenvalue weighted by molar-refractivity contribution is 7.09. The average Bonchev–Trinajstić information content (AvgIpc) is 3.33. The highest BCUT2D eigenvalue weighted by Crippen LogP contribution is 2.20. The van der Waals surface area contributed by atoms with Crippen molar-refractivity contribution < 1.29 is 4.79 Å². The molecule has 6 nitrogen and oxygen atoms in total. The lowest BCUT2D eigenvalue weighted by atomic mass is 10.1. The number of halogens is 1. The van der Waals surface area contributed by atoms with Gasteiger partial charge < -0.3 is 10.2 Å². The molecule has 2 amide bonds. The molecule has 0 fully saturated rings. The van der Waals surface area contributed by atoms with Crippen LogP contribution in [0.5, 0.6) is 0 Å². The molecule has 0 aliphatic heterocycles. The highest BCUT2D eigenvalue weighted by Gasteiger charge is 2.21. The Bertz CT molecular complexity index is 1290. The summed E-state index contributed by atoms with van der Waals surface area (Å²) in [4.78, 5) is 32.2. The predicted octanol–water partition coefficient (Wildman–Crippen LogP) is 5.67. The minimum absolute atomic E-state index is 0.0218. The quantitative estimate of drug-likeness (QED) is 0.344. The fraction of sp³-hybridized carbons (Fsp3) is 0.192. The molecule has 0 saturated carbocycles. The minimum atomic E-state index is -0.312. The molecule has 4 aromatic rings. The van der Waals surface area contributed by atoms with Crippen molar-refractivity contribution in [3.63, 3.8) is 0 Å². The van der Waals surface area contributed by atoms with Crippen LogP contribution in [0.1, 0.15) is 22.9 Å². The molecule has 1 N–H and O–H groups in total. The van der Waals surface area contributed by atoms with E-state index in [4.69, 9.17) is 11.6 Å². The fourth-order valence-corrected chi connectivity index (χ4v) is 4.64. The number of thiophene rings is 1. The van der Waals surface area contributed by atoms with E-state index >= 15 is 0 Å². The third-order valence-corrected chi connectivity index (χ3v) is 6.60. The number of benzene rings is 2. The largest absolute Gasteiger partial charge is 0.347 e. The molecular formula is C26H25ClN4O2S. The Labute approximate surface area is 207 Å². The van der Waals surface area contributed by atoms with E-state index < -0.39 is 0 Å². The molecule has 174 valence electrons. The standard InChI is InChI=1S/C26H25ClN4O2S/c1-19(15-24-7-3-14-34-24)31(18-20-8-10-22(27)11-9-20)26(33)29-23-6-2-5-21(16-23)17-30-13-4-12-28-25(30)32/h2-14,16,19H,15,17-18H2,1H3,(H,29,33). The van der Waals surface area contributed by atoms with Crippen molar-refractivity contribution in [3.8, 4) is 0 Å². The Morgan fingerprint density at radius 2 is 1.94 bits per heavy atom. The van der Waals surface area contributed by atoms with E-state index in [1.165, 1.54) is 15.6 Å². The summed E-state index contributed by atoms with van der Waals surface area (Å²) in [6.45, 7) is 2.89. The molecule has 2 aromatic heterocycles. The number of anilines is 1. The van der Waals surface area contributed by atoms with E-state index in [0.717, 1.165) is 17.5 Å². The summed E-state index contributed by atoms with van der Waals surface area (Å²) in [5.74, 6) is 0. The molecule has 0 spiro atoms. The zero-order valence-corrected chi connectivity index (χ0v) is 20.3. The summed E-state index contributed by atoms with van der Waals surface area (Å²) in [6, 6.07) is 20.7. The molecule has 0 saturated heterocycles. The van der Waals surface area contributed by atoms with Crippen LogP contribution in [-0.4, -0.2) is 26.5 Å². The first-order chi connectivity index (χ1) is 16.5. The van der Waals surface area contributed by atoms with Gasteiger partial charge in [-0.1, -0.05) is 41.9 Å². The molecule has 0 radical (unpaired) electrons. The molecule has 0 bridgehead atoms. The second-order valence-electron chi connectivity index (χ2n) is 8.05. The fourth-order valence-electron chi connectivity index (χ4n) is 3.69. The van der Waals surface area contributed by atoms with E-state index in [9.17, 15) is 9.59 Å². The summed E-state index contributed by atoms with van der Waals surface area (Å²) < 4.78 is 1.52. The predicted molar refractivity (Wildman–Crippen MR) is 138 cm³/mol. The Balaban J connectivity index is 1.51. The van der Waals surface area contributed by atoms with Crippen molar-refractivity contribution in [1.29, 1.82) is 0 Å². The molecule has 2 aromatic carbocycles. The maximum absolute atomic E-state index is 13.4. The van der Waals surface area contributed by atoms with Gasteiger partial charge >= 0.3 is 11.7 Å². The minimum Gasteiger partial charge on any atom is -0.317 e. The van der Waals surface area contributed by atoms with Crippen molar-refractivity contribution in [1.82, 2.24) is 14.5 Å². The van der Waals surface area contributed by atoms with E-state index in [0.29, 0.717) is 23.8 Å². The number of urea groups is 1. The molecule has 0 aliphatic carbocycles. The Hall–Kier alpha value is -3.42. The van der Waals surface area contributed by atoms with Crippen LogP contribution in [0.2, 0.25) is 5.02 Å². The van der Waals surface area contributed by atoms with Crippen molar-refractivity contribution >= 4 is 34.7 Å². The zero-order valence-electron chi connectivity index (χ0n) is 18.7. The van der Waals surface area contributed by atoms with E-state index in [2.05, 4.69) is 23.3 Å². The average molecular weight is 493 g/mol. The molecule has 4 rings (SSSR count). The number of nitrogens with zero attached hydrogens (tertiary/aromatic N) is 3. The lowest BCUT2D eigenvalue weighted by molar-refractivity contribution is 0.188. The van der Waals surface area contributed by atoms with Crippen molar-refractivity contribution in [2.45, 2.75) is 32.5 Å². The summed E-state index contributed by atoms with van der Waals surface area (Å²) >= 11 is 7.73. The van der Waals surface area contributed by atoms with Crippen LogP contribution >= 0.6 is 22.9 Å². The number of hydrogen-bond donors (Lipinski definition) is 1. The molecule has 0 aliphatic rings. The molecule has 2 heterocycles. The van der Waals surface area contributed by atoms with Gasteiger partial charge in [0.15, 0.2) is 0 Å². The summed E-state index contributed by atoms with van der Waals surface area (Å²) in [5.41, 5.74) is 2.25. The number of carbonyl (C=O) groups excluding carboxylic acids is 1. The van der Waals surface area contributed by atoms with Gasteiger partial charge in [-0.2, -0.15) is 0 Å². The van der Waals surface area contributed by atoms with Gasteiger partial charge in [0.05, 0.1) is 6.54 Å². The monoisotopic (exact) mass is 492 g/mol. The second kappa shape index (κ2) is 11.1. The lowest BCUT2D eigenvalue weighted by Gasteiger charge is -2.29. The van der Waals surface area contributed by atoms with Crippen molar-refractivity contribution in [3.05, 3.63) is 116 Å². The highest BCUT2D eigenvalue weighted by atomic mass is 35.5. The SMILES string of the molecule is CC(Cc1cccs1)N(Cc1ccc(Cl)cc1)C(=O)Nc1cccc(Cn2cccnc2=O)c1. The molecule has 1 atom stereocenters. The molecule has 34 heavy (non-hydrogen) atoms. The van der Waals surface area contributed by atoms with Gasteiger partial charge in [0.1, 0.15) is 0 Å². The van der Waals surface area contributed by atoms with Crippen LogP contribution in [0.25, 0.3) is 0 Å². The Morgan fingerprint density at radius 3 is 2.68 bits per heavy atom. The Kier molecular flexibility index (Phi) is 7.77. The third kappa shape index (κ3) is 6.34. The first kappa shape index (κ1) is 23.7. The van der Waals surface area contributed by atoms with Gasteiger partial charge in [-0.25, -0.2) is 14.6 Å². The van der Waals surface area contributed by atoms with Crippen LogP contribution < -0.4 is 11.0 Å². The van der Waals surface area contributed by atoms with Crippen LogP contribution in [0, 0.1) is 0 Å². The normalized spacial score (nSPS) is 11.7. The topological polar surface area (TPSA) is 67.2 Å². The van der Waals surface area contributed by atoms with Gasteiger partial charge in [-0.15, -0.1) is 11.3 Å². The Morgan fingerprint density at radius 1 is 1.12 bits per heavy atom. The summed E-state index contributed by atoms with van der Waals surface area (Å²) in [6.07, 6.45) is 3.94. The van der Waals surface area contributed by atoms with Gasteiger partial charge in [0.2, 0.25) is 0 Å². The number of hydrogen-bond acceptors (Lipinski definition) is 4. The first-order valence-corrected chi connectivity index (χ1v) is 12.2. The number of rotatable bonds is 8. The van der Waals surface area contributed by atoms with Crippen LogP contribution in [-0.2, 0) is 19.5 Å². The maximum atomic E-state index is 13.4. The van der Waals surface area contributed by atoms with E-state index in [1.54, 1.807) is 23.6 Å². The molecule has 1 unspecified atom stereocenters. The number of nitrogens with one attached hydrogen (secondary N) is 1. The summed E-state index contributed by atoms with van der Waals surface area (Å²) in [5, 5.41) is 5.75. The van der Waals surface area contributed by atoms with Gasteiger partial charge in [0.25, 0.3) is 0 Å². The lowest BCUT2D eigenvalue weighted by Crippen LogP contribution is -2.42. The molecule has 8 heteroatoms. The number of amides is 2. The van der Waals surface area contributed by atoms with Gasteiger partial charge in [-0.3, -0.25) is 4.57 Å². The third-order valence-electron chi connectivity index (χ3n) is 5.45. The maximum Gasteiger partial charge on any atom is 0.347 e. The van der Waals surface area contributed by atoms with Gasteiger partial charge in [0, 0.05) is 47.0 Å². The van der Waals surface area contributed by atoms with E-state index in [1.807, 2.05) is 64.9 Å². The smallest absolute Gasteiger partial charge is 0.317 e. The van der Waals surface area contributed by atoms with Crippen LogP contribution in [0.15, 0.2) is 89.3 Å². The first-order valence-electron chi connectivity index (χ1n) is 10.9. The van der Waals surface area contributed by atoms with Crippen LogP contribution in [0.4, 0.5) is 10.5 Å². The van der Waals surface area contributed by atoms with Crippen molar-refractivity contribution in [2.75, 3.05) is 5.32 Å². The number of aromatic nitrogens is 2. The zero-order chi connectivity index (χ0) is 23.9. The van der Waals surface area contributed by atoms with Gasteiger partial charge in [-0.05, 0) is 59.8 Å². The van der Waals surface area contributed by atoms with Crippen LogP contribution in [0.3, 0.4) is 0 Å².